The fraction of sp³-hybridized carbons (Fsp3) is 0.684. The van der Waals surface area contributed by atoms with Crippen LogP contribution in [0.2, 0.25) is 0 Å². The molecule has 0 amide bonds. The molecule has 2 heteroatoms. The highest BCUT2D eigenvalue weighted by atomic mass is 16.5. The Hall–Kier alpha value is -0.860. The summed E-state index contributed by atoms with van der Waals surface area (Å²) in [5, 5.41) is 3.60. The van der Waals surface area contributed by atoms with Crippen LogP contribution in [0.15, 0.2) is 18.2 Å². The number of hydrogen-bond acceptors (Lipinski definition) is 2. The molecule has 3 rings (SSSR count). The fourth-order valence-electron chi connectivity index (χ4n) is 4.54. The number of ether oxygens (including phenoxy) is 1. The van der Waals surface area contributed by atoms with Crippen LogP contribution in [0.4, 0.5) is 0 Å². The van der Waals surface area contributed by atoms with E-state index >= 15 is 0 Å². The summed E-state index contributed by atoms with van der Waals surface area (Å²) in [7, 11) is 2.11. The van der Waals surface area contributed by atoms with Gasteiger partial charge in [-0.25, -0.2) is 0 Å². The molecule has 21 heavy (non-hydrogen) atoms. The molecule has 1 aliphatic carbocycles. The quantitative estimate of drug-likeness (QED) is 0.894. The molecule has 1 heterocycles. The summed E-state index contributed by atoms with van der Waals surface area (Å²) in [6.45, 7) is 5.36. The molecule has 1 spiro atoms. The number of rotatable bonds is 3. The summed E-state index contributed by atoms with van der Waals surface area (Å²) < 4.78 is 6.21. The molecule has 1 aromatic rings. The first-order valence-electron chi connectivity index (χ1n) is 8.52. The van der Waals surface area contributed by atoms with Gasteiger partial charge in [0.05, 0.1) is 5.60 Å². The van der Waals surface area contributed by atoms with Crippen molar-refractivity contribution in [3.05, 3.63) is 34.9 Å². The molecule has 1 aliphatic heterocycles. The van der Waals surface area contributed by atoms with Crippen LogP contribution in [0, 0.1) is 19.8 Å². The van der Waals surface area contributed by atoms with Crippen LogP contribution in [0.1, 0.15) is 61.3 Å². The third kappa shape index (κ3) is 3.02. The molecule has 0 radical (unpaired) electrons. The van der Waals surface area contributed by atoms with Crippen molar-refractivity contribution in [3.63, 3.8) is 0 Å². The summed E-state index contributed by atoms with van der Waals surface area (Å²) in [4.78, 5) is 0. The van der Waals surface area contributed by atoms with E-state index in [0.717, 1.165) is 6.61 Å². The predicted molar refractivity (Wildman–Crippen MR) is 87.6 cm³/mol. The average molecular weight is 287 g/mol. The fourth-order valence-corrected chi connectivity index (χ4v) is 4.54. The van der Waals surface area contributed by atoms with E-state index in [1.54, 1.807) is 0 Å². The topological polar surface area (TPSA) is 21.3 Å². The Morgan fingerprint density at radius 2 is 2.00 bits per heavy atom. The van der Waals surface area contributed by atoms with Crippen molar-refractivity contribution in [2.75, 3.05) is 13.7 Å². The van der Waals surface area contributed by atoms with Crippen LogP contribution in [0.3, 0.4) is 0 Å². The summed E-state index contributed by atoms with van der Waals surface area (Å²) in [5.41, 5.74) is 4.45. The molecule has 1 saturated carbocycles. The Bertz CT molecular complexity index is 490. The lowest BCUT2D eigenvalue weighted by Gasteiger charge is -2.41. The van der Waals surface area contributed by atoms with E-state index < -0.39 is 0 Å². The smallest absolute Gasteiger partial charge is 0.0686 e. The van der Waals surface area contributed by atoms with Gasteiger partial charge >= 0.3 is 0 Å². The van der Waals surface area contributed by atoms with E-state index in [1.165, 1.54) is 55.2 Å². The number of aryl methyl sites for hydroxylation is 2. The molecule has 2 fully saturated rings. The van der Waals surface area contributed by atoms with Crippen molar-refractivity contribution >= 4 is 0 Å². The van der Waals surface area contributed by atoms with Crippen LogP contribution in [0.5, 0.6) is 0 Å². The first-order chi connectivity index (χ1) is 10.1. The van der Waals surface area contributed by atoms with Gasteiger partial charge in [-0.1, -0.05) is 36.6 Å². The second-order valence-corrected chi connectivity index (χ2v) is 7.12. The molecule has 2 atom stereocenters. The molecule has 1 N–H and O–H groups in total. The first-order valence-corrected chi connectivity index (χ1v) is 8.52. The maximum atomic E-state index is 6.21. The molecule has 0 aromatic heterocycles. The van der Waals surface area contributed by atoms with Crippen molar-refractivity contribution in [2.24, 2.45) is 5.92 Å². The van der Waals surface area contributed by atoms with E-state index in [1.807, 2.05) is 0 Å². The van der Waals surface area contributed by atoms with E-state index in [-0.39, 0.29) is 5.60 Å². The van der Waals surface area contributed by atoms with Gasteiger partial charge in [0, 0.05) is 12.6 Å². The first kappa shape index (κ1) is 15.1. The average Bonchev–Trinajstić information content (AvgIpc) is 2.90. The Labute approximate surface area is 129 Å². The summed E-state index contributed by atoms with van der Waals surface area (Å²) >= 11 is 0. The zero-order valence-corrected chi connectivity index (χ0v) is 13.7. The van der Waals surface area contributed by atoms with E-state index in [4.69, 9.17) is 4.74 Å². The lowest BCUT2D eigenvalue weighted by atomic mass is 9.77. The van der Waals surface area contributed by atoms with Gasteiger partial charge in [0.25, 0.3) is 0 Å². The molecule has 116 valence electrons. The Kier molecular flexibility index (Phi) is 4.37. The third-order valence-corrected chi connectivity index (χ3v) is 5.59. The number of hydrogen-bond donors (Lipinski definition) is 1. The third-order valence-electron chi connectivity index (χ3n) is 5.59. The predicted octanol–water partition coefficient (Wildman–Crippen LogP) is 4.30. The van der Waals surface area contributed by atoms with E-state index in [0.29, 0.717) is 12.0 Å². The summed E-state index contributed by atoms with van der Waals surface area (Å²) in [5.74, 6) is 0.697. The van der Waals surface area contributed by atoms with Crippen LogP contribution in [0.25, 0.3) is 0 Å². The zero-order chi connectivity index (χ0) is 14.9. The van der Waals surface area contributed by atoms with Crippen molar-refractivity contribution in [1.82, 2.24) is 5.32 Å². The van der Waals surface area contributed by atoms with Crippen LogP contribution in [-0.2, 0) is 4.74 Å². The molecular formula is C19H29NO. The molecule has 1 saturated heterocycles. The second kappa shape index (κ2) is 6.10. The van der Waals surface area contributed by atoms with Crippen molar-refractivity contribution in [2.45, 2.75) is 64.0 Å². The van der Waals surface area contributed by atoms with Crippen molar-refractivity contribution in [3.8, 4) is 0 Å². The molecule has 2 nitrogen and oxygen atoms in total. The summed E-state index contributed by atoms with van der Waals surface area (Å²) in [6.07, 6.45) is 7.65. The SMILES string of the molecule is CNC(c1ccc(C)cc1C)C1CCOC2(CCCC2)C1. The summed E-state index contributed by atoms with van der Waals surface area (Å²) in [6, 6.07) is 7.34. The monoisotopic (exact) mass is 287 g/mol. The largest absolute Gasteiger partial charge is 0.375 e. The minimum Gasteiger partial charge on any atom is -0.375 e. The lowest BCUT2D eigenvalue weighted by molar-refractivity contribution is -0.0979. The highest BCUT2D eigenvalue weighted by Crippen LogP contribution is 2.45. The minimum absolute atomic E-state index is 0.205. The van der Waals surface area contributed by atoms with Gasteiger partial charge < -0.3 is 10.1 Å². The Morgan fingerprint density at radius 1 is 1.24 bits per heavy atom. The van der Waals surface area contributed by atoms with E-state index in [9.17, 15) is 0 Å². The van der Waals surface area contributed by atoms with Gasteiger partial charge in [-0.05, 0) is 63.6 Å². The van der Waals surface area contributed by atoms with Gasteiger partial charge in [0.1, 0.15) is 0 Å². The van der Waals surface area contributed by atoms with Crippen molar-refractivity contribution < 1.29 is 4.74 Å². The normalized spacial score (nSPS) is 26.1. The highest BCUT2D eigenvalue weighted by Gasteiger charge is 2.42. The minimum atomic E-state index is 0.205. The number of benzene rings is 1. The molecule has 2 aliphatic rings. The highest BCUT2D eigenvalue weighted by molar-refractivity contribution is 5.33. The van der Waals surface area contributed by atoms with Gasteiger partial charge in [-0.3, -0.25) is 0 Å². The Balaban J connectivity index is 1.82. The van der Waals surface area contributed by atoms with Crippen molar-refractivity contribution in [1.29, 1.82) is 0 Å². The van der Waals surface area contributed by atoms with Gasteiger partial charge in [-0.2, -0.15) is 0 Å². The van der Waals surface area contributed by atoms with Crippen LogP contribution in [-0.4, -0.2) is 19.3 Å². The van der Waals surface area contributed by atoms with Gasteiger partial charge in [-0.15, -0.1) is 0 Å². The van der Waals surface area contributed by atoms with Crippen LogP contribution < -0.4 is 5.32 Å². The molecular weight excluding hydrogens is 258 g/mol. The maximum Gasteiger partial charge on any atom is 0.0686 e. The van der Waals surface area contributed by atoms with Gasteiger partial charge in [0.2, 0.25) is 0 Å². The second-order valence-electron chi connectivity index (χ2n) is 7.12. The maximum absolute atomic E-state index is 6.21. The molecule has 1 aromatic carbocycles. The Morgan fingerprint density at radius 3 is 2.67 bits per heavy atom. The lowest BCUT2D eigenvalue weighted by Crippen LogP contribution is -2.41. The standard InChI is InChI=1S/C19H29NO/c1-14-6-7-17(15(2)12-14)18(20-3)16-8-11-21-19(13-16)9-4-5-10-19/h6-7,12,16,18,20H,4-5,8-11,13H2,1-3H3. The number of nitrogens with one attached hydrogen (secondary N) is 1. The molecule has 2 unspecified atom stereocenters. The zero-order valence-electron chi connectivity index (χ0n) is 13.7. The van der Waals surface area contributed by atoms with Crippen LogP contribution >= 0.6 is 0 Å². The van der Waals surface area contributed by atoms with Gasteiger partial charge in [0.15, 0.2) is 0 Å². The van der Waals surface area contributed by atoms with E-state index in [2.05, 4.69) is 44.4 Å². The molecule has 0 bridgehead atoms.